The molecule has 1 aromatic rings. The molecule has 2 aliphatic heterocycles. The summed E-state index contributed by atoms with van der Waals surface area (Å²) in [6.07, 6.45) is 2.38. The molecule has 152 valence electrons. The largest absolute Gasteiger partial charge is 0.373 e. The fourth-order valence-corrected chi connectivity index (χ4v) is 4.02. The quantitative estimate of drug-likeness (QED) is 0.560. The minimum atomic E-state index is 0.0106. The summed E-state index contributed by atoms with van der Waals surface area (Å²) in [7, 11) is 0. The van der Waals surface area contributed by atoms with Crippen LogP contribution in [-0.4, -0.2) is 79.2 Å². The number of hydrogen-bond acceptors (Lipinski definition) is 4. The van der Waals surface area contributed by atoms with Gasteiger partial charge in [-0.05, 0) is 25.3 Å². The van der Waals surface area contributed by atoms with Gasteiger partial charge in [0.2, 0.25) is 5.91 Å². The molecule has 2 unspecified atom stereocenters. The third kappa shape index (κ3) is 4.83. The van der Waals surface area contributed by atoms with Crippen LogP contribution >= 0.6 is 0 Å². The summed E-state index contributed by atoms with van der Waals surface area (Å²) in [6.45, 7) is 7.35. The normalized spacial score (nSPS) is 25.5. The lowest BCUT2D eigenvalue weighted by molar-refractivity contribution is -0.119. The molecule has 3 aliphatic rings. The highest BCUT2D eigenvalue weighted by Crippen LogP contribution is 2.24. The molecule has 7 nitrogen and oxygen atoms in total. The average Bonchev–Trinajstić information content (AvgIpc) is 3.40. The lowest BCUT2D eigenvalue weighted by Gasteiger charge is -2.36. The van der Waals surface area contributed by atoms with Crippen LogP contribution in [0.25, 0.3) is 0 Å². The maximum Gasteiger partial charge on any atom is 0.242 e. The van der Waals surface area contributed by atoms with E-state index < -0.39 is 0 Å². The first-order chi connectivity index (χ1) is 13.7. The second-order valence-corrected chi connectivity index (χ2v) is 7.85. The van der Waals surface area contributed by atoms with Gasteiger partial charge in [0.15, 0.2) is 5.96 Å². The number of guanidine groups is 1. The third-order valence-corrected chi connectivity index (χ3v) is 5.59. The maximum atomic E-state index is 12.0. The summed E-state index contributed by atoms with van der Waals surface area (Å²) in [4.78, 5) is 21.4. The van der Waals surface area contributed by atoms with Gasteiger partial charge in [0, 0.05) is 38.8 Å². The van der Waals surface area contributed by atoms with E-state index in [9.17, 15) is 4.79 Å². The number of hydrogen-bond donors (Lipinski definition) is 2. The molecule has 28 heavy (non-hydrogen) atoms. The second-order valence-electron chi connectivity index (χ2n) is 7.85. The lowest BCUT2D eigenvalue weighted by Crippen LogP contribution is -2.50. The fraction of sp³-hybridized carbons (Fsp3) is 0.619. The summed E-state index contributed by atoms with van der Waals surface area (Å²) >= 11 is 0. The van der Waals surface area contributed by atoms with Crippen LogP contribution in [0.3, 0.4) is 0 Å². The average molecular weight is 386 g/mol. The van der Waals surface area contributed by atoms with Crippen molar-refractivity contribution in [2.75, 3.05) is 39.3 Å². The zero-order valence-electron chi connectivity index (χ0n) is 16.6. The van der Waals surface area contributed by atoms with Crippen molar-refractivity contribution in [2.45, 2.75) is 44.5 Å². The van der Waals surface area contributed by atoms with E-state index in [-0.39, 0.29) is 18.6 Å². The van der Waals surface area contributed by atoms with Crippen molar-refractivity contribution in [1.29, 1.82) is 0 Å². The molecule has 2 saturated heterocycles. The Morgan fingerprint density at radius 3 is 2.82 bits per heavy atom. The molecular formula is C21H31N5O2. The number of morpholine rings is 1. The number of nitrogens with one attached hydrogen (secondary N) is 2. The Kier molecular flexibility index (Phi) is 6.12. The minimum Gasteiger partial charge on any atom is -0.373 e. The first kappa shape index (κ1) is 19.2. The molecule has 1 amide bonds. The lowest BCUT2D eigenvalue weighted by atomic mass is 10.1. The summed E-state index contributed by atoms with van der Waals surface area (Å²) in [6, 6.07) is 11.3. The zero-order chi connectivity index (χ0) is 19.3. The van der Waals surface area contributed by atoms with Gasteiger partial charge >= 0.3 is 0 Å². The van der Waals surface area contributed by atoms with E-state index in [4.69, 9.17) is 4.74 Å². The molecule has 4 rings (SSSR count). The number of likely N-dealkylation sites (tertiary alicyclic amines) is 1. The van der Waals surface area contributed by atoms with Crippen molar-refractivity contribution in [3.05, 3.63) is 35.9 Å². The topological polar surface area (TPSA) is 69.2 Å². The third-order valence-electron chi connectivity index (χ3n) is 5.59. The minimum absolute atomic E-state index is 0.0106. The summed E-state index contributed by atoms with van der Waals surface area (Å²) in [5.41, 5.74) is 1.33. The van der Waals surface area contributed by atoms with Crippen LogP contribution in [0.1, 0.15) is 25.3 Å². The highest BCUT2D eigenvalue weighted by atomic mass is 16.5. The molecular weight excluding hydrogens is 354 g/mol. The van der Waals surface area contributed by atoms with Crippen LogP contribution in [0.4, 0.5) is 0 Å². The van der Waals surface area contributed by atoms with E-state index in [0.717, 1.165) is 58.1 Å². The Morgan fingerprint density at radius 1 is 1.25 bits per heavy atom. The van der Waals surface area contributed by atoms with E-state index in [2.05, 4.69) is 62.7 Å². The molecule has 1 aliphatic carbocycles. The molecule has 2 atom stereocenters. The molecule has 1 saturated carbocycles. The number of ether oxygens (including phenoxy) is 1. The second kappa shape index (κ2) is 8.92. The molecule has 2 N–H and O–H groups in total. The van der Waals surface area contributed by atoms with Crippen molar-refractivity contribution in [3.63, 3.8) is 0 Å². The Hall–Kier alpha value is -2.12. The van der Waals surface area contributed by atoms with E-state index in [1.807, 2.05) is 0 Å². The molecule has 0 aromatic heterocycles. The highest BCUT2D eigenvalue weighted by molar-refractivity contribution is 5.85. The van der Waals surface area contributed by atoms with Crippen LogP contribution in [0, 0.1) is 0 Å². The van der Waals surface area contributed by atoms with Gasteiger partial charge in [-0.1, -0.05) is 30.3 Å². The van der Waals surface area contributed by atoms with Crippen LogP contribution in [0.5, 0.6) is 0 Å². The zero-order valence-corrected chi connectivity index (χ0v) is 16.6. The number of carbonyl (C=O) groups excluding carboxylic acids is 1. The Bertz CT molecular complexity index is 691. The molecule has 2 heterocycles. The predicted octanol–water partition coefficient (Wildman–Crippen LogP) is 0.816. The van der Waals surface area contributed by atoms with Crippen LogP contribution in [0.2, 0.25) is 0 Å². The Morgan fingerprint density at radius 2 is 2.07 bits per heavy atom. The molecule has 0 radical (unpaired) electrons. The van der Waals surface area contributed by atoms with Gasteiger partial charge in [0.05, 0.1) is 18.8 Å². The van der Waals surface area contributed by atoms with Gasteiger partial charge < -0.3 is 20.3 Å². The van der Waals surface area contributed by atoms with Crippen LogP contribution in [0.15, 0.2) is 35.3 Å². The van der Waals surface area contributed by atoms with E-state index in [0.29, 0.717) is 12.1 Å². The fourth-order valence-electron chi connectivity index (χ4n) is 4.02. The van der Waals surface area contributed by atoms with Crippen LogP contribution < -0.4 is 10.6 Å². The van der Waals surface area contributed by atoms with Crippen molar-refractivity contribution >= 4 is 11.9 Å². The molecule has 7 heteroatoms. The van der Waals surface area contributed by atoms with E-state index >= 15 is 0 Å². The summed E-state index contributed by atoms with van der Waals surface area (Å²) in [5, 5.41) is 6.35. The van der Waals surface area contributed by atoms with Crippen molar-refractivity contribution in [2.24, 2.45) is 4.99 Å². The number of carbonyl (C=O) groups is 1. The van der Waals surface area contributed by atoms with Crippen molar-refractivity contribution < 1.29 is 9.53 Å². The number of benzene rings is 1. The number of nitrogens with zero attached hydrogens (tertiary/aromatic N) is 3. The maximum absolute atomic E-state index is 12.0. The van der Waals surface area contributed by atoms with Gasteiger partial charge in [-0.3, -0.25) is 9.69 Å². The van der Waals surface area contributed by atoms with Gasteiger partial charge in [0.1, 0.15) is 6.54 Å². The first-order valence-corrected chi connectivity index (χ1v) is 10.4. The highest BCUT2D eigenvalue weighted by Gasteiger charge is 2.41. The van der Waals surface area contributed by atoms with E-state index in [1.54, 1.807) is 0 Å². The number of rotatable bonds is 6. The van der Waals surface area contributed by atoms with Gasteiger partial charge in [-0.25, -0.2) is 4.99 Å². The monoisotopic (exact) mass is 385 g/mol. The number of amides is 1. The van der Waals surface area contributed by atoms with E-state index in [1.165, 1.54) is 5.56 Å². The SMILES string of the molecule is CCNC(=NCC(=O)NC1CC1)N1CC2OCCN(Cc3ccccc3)C2C1. The Labute approximate surface area is 167 Å². The molecule has 1 aromatic carbocycles. The van der Waals surface area contributed by atoms with Crippen LogP contribution in [-0.2, 0) is 16.1 Å². The summed E-state index contributed by atoms with van der Waals surface area (Å²) < 4.78 is 6.07. The standard InChI is InChI=1S/C21H31N5O2/c1-2-22-21(23-12-20(27)24-17-8-9-17)26-14-18-19(15-26)28-11-10-25(18)13-16-6-4-3-5-7-16/h3-7,17-19H,2,8-15H2,1H3,(H,22,23)(H,24,27). The predicted molar refractivity (Wildman–Crippen MR) is 109 cm³/mol. The van der Waals surface area contributed by atoms with Crippen molar-refractivity contribution in [1.82, 2.24) is 20.4 Å². The molecule has 0 bridgehead atoms. The smallest absolute Gasteiger partial charge is 0.242 e. The van der Waals surface area contributed by atoms with Crippen molar-refractivity contribution in [3.8, 4) is 0 Å². The number of fused-ring (bicyclic) bond motifs is 1. The summed E-state index contributed by atoms with van der Waals surface area (Å²) in [5.74, 6) is 0.822. The van der Waals surface area contributed by atoms with Gasteiger partial charge in [-0.15, -0.1) is 0 Å². The van der Waals surface area contributed by atoms with Gasteiger partial charge in [0.25, 0.3) is 0 Å². The van der Waals surface area contributed by atoms with Gasteiger partial charge in [-0.2, -0.15) is 0 Å². The number of aliphatic imine (C=N–C) groups is 1. The molecule has 3 fully saturated rings. The first-order valence-electron chi connectivity index (χ1n) is 10.4. The molecule has 0 spiro atoms. The Balaban J connectivity index is 1.39.